The van der Waals surface area contributed by atoms with Crippen LogP contribution in [0, 0.1) is 40.4 Å². The number of aliphatic hydroxyl groups is 1. The minimum atomic E-state index is -0.572. The van der Waals surface area contributed by atoms with Crippen LogP contribution in [0.5, 0.6) is 0 Å². The number of thioether (sulfide) groups is 1. The van der Waals surface area contributed by atoms with Crippen LogP contribution in [-0.2, 0) is 33.4 Å². The molecular weight excluding hydrogens is 568 g/mol. The van der Waals surface area contributed by atoms with Gasteiger partial charge in [-0.05, 0) is 100 Å². The Bertz CT molecular complexity index is 1210. The van der Waals surface area contributed by atoms with Gasteiger partial charge in [0.05, 0.1) is 17.3 Å². The summed E-state index contributed by atoms with van der Waals surface area (Å²) >= 11 is 1.04. The van der Waals surface area contributed by atoms with Gasteiger partial charge in [0.25, 0.3) is 0 Å². The van der Waals surface area contributed by atoms with Gasteiger partial charge in [-0.1, -0.05) is 38.1 Å². The lowest BCUT2D eigenvalue weighted by atomic mass is 9.45. The van der Waals surface area contributed by atoms with Gasteiger partial charge in [-0.15, -0.1) is 0 Å². The molecule has 0 spiro atoms. The Hall–Kier alpha value is -1.71. The largest absolute Gasteiger partial charge is 0.462 e. The van der Waals surface area contributed by atoms with E-state index >= 15 is 0 Å². The third kappa shape index (κ3) is 5.54. The summed E-state index contributed by atoms with van der Waals surface area (Å²) in [5.74, 6) is -0.255. The summed E-state index contributed by atoms with van der Waals surface area (Å²) in [6.45, 7) is 14.2. The highest BCUT2D eigenvalue weighted by Crippen LogP contribution is 2.68. The molecule has 0 aromatic carbocycles. The Morgan fingerprint density at radius 1 is 1.09 bits per heavy atom. The smallest absolute Gasteiger partial charge is 0.314 e. The van der Waals surface area contributed by atoms with Crippen molar-refractivity contribution in [2.45, 2.75) is 129 Å². The van der Waals surface area contributed by atoms with Crippen LogP contribution in [0.3, 0.4) is 0 Å². The van der Waals surface area contributed by atoms with Crippen molar-refractivity contribution >= 4 is 34.6 Å². The molecule has 0 bridgehead atoms. The average Bonchev–Trinajstić information content (AvgIpc) is 3.20. The molecule has 9 heteroatoms. The number of rotatable bonds is 8. The molecule has 0 amide bonds. The van der Waals surface area contributed by atoms with E-state index in [-0.39, 0.29) is 70.3 Å². The van der Waals surface area contributed by atoms with Gasteiger partial charge in [0.1, 0.15) is 18.6 Å². The Balaban J connectivity index is 1.41. The highest BCUT2D eigenvalue weighted by atomic mass is 32.2. The van der Waals surface area contributed by atoms with Crippen molar-refractivity contribution in [2.24, 2.45) is 40.4 Å². The van der Waals surface area contributed by atoms with Crippen LogP contribution >= 0.6 is 11.8 Å². The SMILES string of the molecule is CSC(=O)CC(=O)OC(CC1(C)OC1(C)C)C(C)C1CCC2C3C(O)CC4=CC(=O)CC(OC(C)=O)C4(C)C3CCC12C. The molecule has 0 aromatic rings. The van der Waals surface area contributed by atoms with Crippen LogP contribution < -0.4 is 0 Å². The molecule has 4 aliphatic carbocycles. The van der Waals surface area contributed by atoms with Gasteiger partial charge in [0.2, 0.25) is 0 Å². The first-order chi connectivity index (χ1) is 20.0. The lowest BCUT2D eigenvalue weighted by molar-refractivity contribution is -0.173. The summed E-state index contributed by atoms with van der Waals surface area (Å²) in [7, 11) is 0. The van der Waals surface area contributed by atoms with Crippen molar-refractivity contribution in [2.75, 3.05) is 6.26 Å². The molecule has 3 saturated carbocycles. The fourth-order valence-corrected chi connectivity index (χ4v) is 10.3. The first kappa shape index (κ1) is 32.7. The minimum absolute atomic E-state index is 0.0211. The van der Waals surface area contributed by atoms with Gasteiger partial charge < -0.3 is 19.3 Å². The highest BCUT2D eigenvalue weighted by Gasteiger charge is 2.66. The molecule has 11 unspecified atom stereocenters. The van der Waals surface area contributed by atoms with Crippen molar-refractivity contribution in [3.63, 3.8) is 0 Å². The number of ketones is 1. The molecule has 5 rings (SSSR count). The van der Waals surface area contributed by atoms with Gasteiger partial charge in [-0.25, -0.2) is 0 Å². The van der Waals surface area contributed by atoms with E-state index in [9.17, 15) is 24.3 Å². The number of carbonyl (C=O) groups is 4. The number of carbonyl (C=O) groups excluding carboxylic acids is 4. The second kappa shape index (κ2) is 11.3. The zero-order valence-corrected chi connectivity index (χ0v) is 27.9. The van der Waals surface area contributed by atoms with Gasteiger partial charge in [0, 0.05) is 25.2 Å². The molecule has 0 aromatic heterocycles. The lowest BCUT2D eigenvalue weighted by Crippen LogP contribution is -2.60. The summed E-state index contributed by atoms with van der Waals surface area (Å²) in [5.41, 5.74) is -0.365. The molecule has 5 aliphatic rings. The Morgan fingerprint density at radius 3 is 2.37 bits per heavy atom. The molecular formula is C34H50O8S. The summed E-state index contributed by atoms with van der Waals surface area (Å²) in [6, 6.07) is 0. The van der Waals surface area contributed by atoms with E-state index < -0.39 is 35.3 Å². The first-order valence-corrected chi connectivity index (χ1v) is 17.2. The van der Waals surface area contributed by atoms with Gasteiger partial charge in [-0.2, -0.15) is 0 Å². The van der Waals surface area contributed by atoms with Crippen LogP contribution in [0.15, 0.2) is 11.6 Å². The molecule has 1 N–H and O–H groups in total. The summed E-state index contributed by atoms with van der Waals surface area (Å²) in [6.07, 6.45) is 6.53. The molecule has 8 nitrogen and oxygen atoms in total. The van der Waals surface area contributed by atoms with Crippen LogP contribution in [0.4, 0.5) is 0 Å². The Morgan fingerprint density at radius 2 is 1.77 bits per heavy atom. The zero-order valence-electron chi connectivity index (χ0n) is 27.1. The maximum Gasteiger partial charge on any atom is 0.314 e. The van der Waals surface area contributed by atoms with Crippen LogP contribution in [0.2, 0.25) is 0 Å². The highest BCUT2D eigenvalue weighted by molar-refractivity contribution is 8.13. The van der Waals surface area contributed by atoms with E-state index in [0.717, 1.165) is 43.0 Å². The Labute approximate surface area is 260 Å². The normalized spacial score (nSPS) is 42.4. The molecule has 1 aliphatic heterocycles. The van der Waals surface area contributed by atoms with Gasteiger partial charge in [-0.3, -0.25) is 19.2 Å². The molecule has 4 fully saturated rings. The van der Waals surface area contributed by atoms with Crippen molar-refractivity contribution in [3.05, 3.63) is 11.6 Å². The average molecular weight is 619 g/mol. The van der Waals surface area contributed by atoms with Crippen LogP contribution in [-0.4, -0.2) is 63.7 Å². The predicted molar refractivity (Wildman–Crippen MR) is 163 cm³/mol. The first-order valence-electron chi connectivity index (χ1n) is 16.0. The van der Waals surface area contributed by atoms with E-state index in [2.05, 4.69) is 41.5 Å². The third-order valence-electron chi connectivity index (χ3n) is 12.8. The van der Waals surface area contributed by atoms with Gasteiger partial charge in [0.15, 0.2) is 10.9 Å². The van der Waals surface area contributed by atoms with Crippen LogP contribution in [0.1, 0.15) is 99.8 Å². The topological polar surface area (TPSA) is 120 Å². The second-order valence-electron chi connectivity index (χ2n) is 15.2. The molecule has 11 atom stereocenters. The van der Waals surface area contributed by atoms with E-state index in [1.807, 2.05) is 0 Å². The molecule has 1 heterocycles. The minimum Gasteiger partial charge on any atom is -0.462 e. The van der Waals surface area contributed by atoms with E-state index in [0.29, 0.717) is 12.8 Å². The van der Waals surface area contributed by atoms with Crippen molar-refractivity contribution in [3.8, 4) is 0 Å². The van der Waals surface area contributed by atoms with Gasteiger partial charge >= 0.3 is 11.9 Å². The summed E-state index contributed by atoms with van der Waals surface area (Å²) < 4.78 is 18.0. The quantitative estimate of drug-likeness (QED) is 0.216. The Kier molecular flexibility index (Phi) is 8.56. The number of fused-ring (bicyclic) bond motifs is 5. The zero-order chi connectivity index (χ0) is 31.7. The standard InChI is InChI=1S/C34H50O8S/c1-18(26(17-33(6)31(3,4)42-33)41-28(38)16-29(39)43-8)22-9-10-23-30-24(11-12-32(22,23)5)34(7)20(14-25(30)37)13-21(36)15-27(34)40-19(2)35/h13,18,22-27,30,37H,9-12,14-17H2,1-8H3. The number of hydrogen-bond acceptors (Lipinski definition) is 9. The van der Waals surface area contributed by atoms with E-state index in [1.165, 1.54) is 6.92 Å². The monoisotopic (exact) mass is 618 g/mol. The maximum absolute atomic E-state index is 12.9. The van der Waals surface area contributed by atoms with Crippen molar-refractivity contribution < 1.29 is 38.5 Å². The predicted octanol–water partition coefficient (Wildman–Crippen LogP) is 5.43. The molecule has 43 heavy (non-hydrogen) atoms. The number of epoxide rings is 1. The second-order valence-corrected chi connectivity index (χ2v) is 16.1. The maximum atomic E-state index is 12.9. The fraction of sp³-hybridized carbons (Fsp3) is 0.824. The van der Waals surface area contributed by atoms with Crippen molar-refractivity contribution in [1.29, 1.82) is 0 Å². The summed E-state index contributed by atoms with van der Waals surface area (Å²) in [5, 5.41) is 11.5. The number of aliphatic hydroxyl groups excluding tert-OH is 1. The van der Waals surface area contributed by atoms with E-state index in [4.69, 9.17) is 14.2 Å². The van der Waals surface area contributed by atoms with Crippen molar-refractivity contribution in [1.82, 2.24) is 0 Å². The third-order valence-corrected chi connectivity index (χ3v) is 13.4. The number of ether oxygens (including phenoxy) is 3. The fourth-order valence-electron chi connectivity index (χ4n) is 10.0. The lowest BCUT2D eigenvalue weighted by Gasteiger charge is -2.61. The molecule has 0 radical (unpaired) electrons. The summed E-state index contributed by atoms with van der Waals surface area (Å²) in [4.78, 5) is 49.7. The number of hydrogen-bond donors (Lipinski definition) is 1. The molecule has 240 valence electrons. The number of esters is 2. The van der Waals surface area contributed by atoms with E-state index in [1.54, 1.807) is 12.3 Å². The van der Waals surface area contributed by atoms with Crippen LogP contribution in [0.25, 0.3) is 0 Å². The molecule has 1 saturated heterocycles.